The Morgan fingerprint density at radius 1 is 1.00 bits per heavy atom. The first kappa shape index (κ1) is 16.3. The highest BCUT2D eigenvalue weighted by Gasteiger charge is 2.40. The van der Waals surface area contributed by atoms with Crippen LogP contribution in [0.3, 0.4) is 0 Å². The van der Waals surface area contributed by atoms with Crippen molar-refractivity contribution >= 4 is 0 Å². The van der Waals surface area contributed by atoms with Crippen molar-refractivity contribution in [3.05, 3.63) is 101 Å². The third-order valence-electron chi connectivity index (χ3n) is 4.14. The Morgan fingerprint density at radius 3 is 2.38 bits per heavy atom. The molecular formula is C20H18FNO2. The van der Waals surface area contributed by atoms with Gasteiger partial charge < -0.3 is 10.2 Å². The number of hydrogen-bond donors (Lipinski definition) is 2. The van der Waals surface area contributed by atoms with Crippen LogP contribution < -0.4 is 0 Å². The molecule has 2 aromatic carbocycles. The Kier molecular flexibility index (Phi) is 4.42. The van der Waals surface area contributed by atoms with Crippen LogP contribution in [-0.4, -0.2) is 15.2 Å². The summed E-state index contributed by atoms with van der Waals surface area (Å²) in [5.41, 5.74) is 0.636. The fourth-order valence-electron chi connectivity index (χ4n) is 2.86. The van der Waals surface area contributed by atoms with Crippen molar-refractivity contribution in [2.75, 3.05) is 0 Å². The first-order chi connectivity index (χ1) is 11.5. The molecule has 0 amide bonds. The maximum Gasteiger partial charge on any atom is 0.146 e. The molecule has 1 aromatic heterocycles. The number of aliphatic hydroxyl groups is 2. The number of aromatic nitrogens is 1. The molecule has 0 saturated carbocycles. The van der Waals surface area contributed by atoms with E-state index in [-0.39, 0.29) is 0 Å². The average molecular weight is 323 g/mol. The van der Waals surface area contributed by atoms with Gasteiger partial charge in [-0.15, -0.1) is 0 Å². The van der Waals surface area contributed by atoms with Crippen LogP contribution in [0.15, 0.2) is 73.1 Å². The molecule has 3 aromatic rings. The van der Waals surface area contributed by atoms with E-state index in [1.165, 1.54) is 30.5 Å². The van der Waals surface area contributed by atoms with E-state index in [1.54, 1.807) is 24.4 Å². The number of rotatable bonds is 4. The summed E-state index contributed by atoms with van der Waals surface area (Å²) in [6, 6.07) is 16.2. The average Bonchev–Trinajstić information content (AvgIpc) is 2.62. The first-order valence-electron chi connectivity index (χ1n) is 7.65. The molecule has 0 spiro atoms. The van der Waals surface area contributed by atoms with Crippen LogP contribution in [0.2, 0.25) is 0 Å². The van der Waals surface area contributed by atoms with E-state index < -0.39 is 17.5 Å². The normalized spacial score (nSPS) is 14.8. The molecular weight excluding hydrogens is 305 g/mol. The van der Waals surface area contributed by atoms with E-state index in [4.69, 9.17) is 0 Å². The lowest BCUT2D eigenvalue weighted by Gasteiger charge is -2.34. The Hall–Kier alpha value is -2.56. The van der Waals surface area contributed by atoms with Gasteiger partial charge in [0.25, 0.3) is 0 Å². The smallest absolute Gasteiger partial charge is 0.146 e. The predicted molar refractivity (Wildman–Crippen MR) is 89.8 cm³/mol. The molecule has 0 aliphatic heterocycles. The van der Waals surface area contributed by atoms with E-state index in [9.17, 15) is 14.6 Å². The van der Waals surface area contributed by atoms with Gasteiger partial charge in [-0.3, -0.25) is 4.98 Å². The van der Waals surface area contributed by atoms with Crippen molar-refractivity contribution in [1.82, 2.24) is 4.98 Å². The Balaban J connectivity index is 2.17. The molecule has 2 atom stereocenters. The number of hydrogen-bond acceptors (Lipinski definition) is 3. The van der Waals surface area contributed by atoms with E-state index in [0.29, 0.717) is 16.7 Å². The topological polar surface area (TPSA) is 53.4 Å². The Bertz CT molecular complexity index is 821. The van der Waals surface area contributed by atoms with Crippen LogP contribution in [0.25, 0.3) is 0 Å². The van der Waals surface area contributed by atoms with E-state index in [2.05, 4.69) is 4.98 Å². The largest absolute Gasteiger partial charge is 0.385 e. The van der Waals surface area contributed by atoms with Gasteiger partial charge in [0.2, 0.25) is 0 Å². The number of nitrogens with zero attached hydrogens (tertiary/aromatic N) is 1. The fourth-order valence-corrected chi connectivity index (χ4v) is 2.86. The van der Waals surface area contributed by atoms with Gasteiger partial charge in [-0.2, -0.15) is 0 Å². The van der Waals surface area contributed by atoms with Crippen molar-refractivity contribution in [2.45, 2.75) is 18.6 Å². The van der Waals surface area contributed by atoms with Crippen LogP contribution in [0.1, 0.15) is 28.4 Å². The zero-order chi connectivity index (χ0) is 17.2. The van der Waals surface area contributed by atoms with Crippen LogP contribution in [0, 0.1) is 12.7 Å². The maximum absolute atomic E-state index is 13.3. The molecule has 0 aliphatic carbocycles. The van der Waals surface area contributed by atoms with E-state index in [0.717, 1.165) is 5.56 Å². The van der Waals surface area contributed by atoms with Crippen molar-refractivity contribution < 1.29 is 14.6 Å². The Labute approximate surface area is 140 Å². The second kappa shape index (κ2) is 6.51. The number of aliphatic hydroxyl groups excluding tert-OH is 1. The molecule has 4 heteroatoms. The zero-order valence-electron chi connectivity index (χ0n) is 13.2. The molecule has 0 saturated heterocycles. The molecule has 24 heavy (non-hydrogen) atoms. The zero-order valence-corrected chi connectivity index (χ0v) is 13.2. The van der Waals surface area contributed by atoms with Gasteiger partial charge in [-0.25, -0.2) is 4.39 Å². The highest BCUT2D eigenvalue weighted by molar-refractivity contribution is 5.40. The fraction of sp³-hybridized carbons (Fsp3) is 0.150. The minimum Gasteiger partial charge on any atom is -0.385 e. The third-order valence-corrected chi connectivity index (χ3v) is 4.14. The highest BCUT2D eigenvalue weighted by atomic mass is 19.1. The molecule has 122 valence electrons. The summed E-state index contributed by atoms with van der Waals surface area (Å²) in [4.78, 5) is 4.04. The number of aryl methyl sites for hydroxylation is 1. The van der Waals surface area contributed by atoms with Gasteiger partial charge in [0.05, 0.1) is 0 Å². The predicted octanol–water partition coefficient (Wildman–Crippen LogP) is 3.50. The second-order valence-corrected chi connectivity index (χ2v) is 5.83. The summed E-state index contributed by atoms with van der Waals surface area (Å²) in [5, 5.41) is 22.4. The van der Waals surface area contributed by atoms with Gasteiger partial charge in [0.15, 0.2) is 0 Å². The summed E-state index contributed by atoms with van der Waals surface area (Å²) in [6.45, 7) is 1.91. The molecule has 0 bridgehead atoms. The van der Waals surface area contributed by atoms with Crippen LogP contribution in [-0.2, 0) is 5.60 Å². The SMILES string of the molecule is Cc1cccc(C(O)C(O)(c2ccc(F)cc2)c2cccnc2)c1. The summed E-state index contributed by atoms with van der Waals surface area (Å²) < 4.78 is 13.3. The molecule has 2 N–H and O–H groups in total. The van der Waals surface area contributed by atoms with E-state index in [1.807, 2.05) is 25.1 Å². The van der Waals surface area contributed by atoms with Crippen LogP contribution in [0.4, 0.5) is 4.39 Å². The molecule has 3 rings (SSSR count). The molecule has 0 aliphatic rings. The van der Waals surface area contributed by atoms with E-state index >= 15 is 0 Å². The second-order valence-electron chi connectivity index (χ2n) is 5.83. The summed E-state index contributed by atoms with van der Waals surface area (Å²) in [6.07, 6.45) is 1.86. The standard InChI is InChI=1S/C20H18FNO2/c1-14-4-2-5-15(12-14)19(23)20(24,17-6-3-11-22-13-17)16-7-9-18(21)10-8-16/h2-13,19,23-24H,1H3. The maximum atomic E-state index is 13.3. The number of pyridine rings is 1. The van der Waals surface area contributed by atoms with Crippen molar-refractivity contribution in [3.8, 4) is 0 Å². The van der Waals surface area contributed by atoms with Crippen molar-refractivity contribution in [1.29, 1.82) is 0 Å². The lowest BCUT2D eigenvalue weighted by Crippen LogP contribution is -2.35. The van der Waals surface area contributed by atoms with Gasteiger partial charge in [-0.05, 0) is 36.2 Å². The van der Waals surface area contributed by atoms with Crippen molar-refractivity contribution in [3.63, 3.8) is 0 Å². The Morgan fingerprint density at radius 2 is 1.75 bits per heavy atom. The summed E-state index contributed by atoms with van der Waals surface area (Å²) in [7, 11) is 0. The lowest BCUT2D eigenvalue weighted by molar-refractivity contribution is -0.0520. The number of benzene rings is 2. The molecule has 3 nitrogen and oxygen atoms in total. The monoisotopic (exact) mass is 323 g/mol. The van der Waals surface area contributed by atoms with Gasteiger partial charge in [-0.1, -0.05) is 48.0 Å². The molecule has 1 heterocycles. The number of halogens is 1. The molecule has 0 fully saturated rings. The highest BCUT2D eigenvalue weighted by Crippen LogP contribution is 2.40. The molecule has 0 radical (unpaired) electrons. The van der Waals surface area contributed by atoms with Gasteiger partial charge in [0.1, 0.15) is 17.5 Å². The summed E-state index contributed by atoms with van der Waals surface area (Å²) in [5.74, 6) is -0.405. The summed E-state index contributed by atoms with van der Waals surface area (Å²) >= 11 is 0. The van der Waals surface area contributed by atoms with Crippen molar-refractivity contribution in [2.24, 2.45) is 0 Å². The molecule has 2 unspecified atom stereocenters. The lowest BCUT2D eigenvalue weighted by atomic mass is 9.79. The quantitative estimate of drug-likeness (QED) is 0.773. The van der Waals surface area contributed by atoms with Crippen LogP contribution in [0.5, 0.6) is 0 Å². The third kappa shape index (κ3) is 2.94. The first-order valence-corrected chi connectivity index (χ1v) is 7.65. The minimum absolute atomic E-state index is 0.394. The van der Waals surface area contributed by atoms with Gasteiger partial charge >= 0.3 is 0 Å². The van der Waals surface area contributed by atoms with Gasteiger partial charge in [0, 0.05) is 18.0 Å². The van der Waals surface area contributed by atoms with Crippen LogP contribution >= 0.6 is 0 Å². The minimum atomic E-state index is -1.74.